The Bertz CT molecular complexity index is 644. The molecule has 19 heavy (non-hydrogen) atoms. The first-order valence-corrected chi connectivity index (χ1v) is 5.29. The van der Waals surface area contributed by atoms with Gasteiger partial charge in [-0.3, -0.25) is 4.79 Å². The van der Waals surface area contributed by atoms with Gasteiger partial charge in [-0.25, -0.2) is 13.2 Å². The molecule has 0 atom stereocenters. The van der Waals surface area contributed by atoms with Gasteiger partial charge in [0, 0.05) is 5.69 Å². The SMILES string of the molecule is Nc1ccc(F)c(NC(=O)c2cccc(F)c2F)c1. The lowest BCUT2D eigenvalue weighted by Gasteiger charge is -2.08. The molecule has 3 nitrogen and oxygen atoms in total. The van der Waals surface area contributed by atoms with Crippen LogP contribution in [0.2, 0.25) is 0 Å². The summed E-state index contributed by atoms with van der Waals surface area (Å²) in [5.41, 5.74) is 4.96. The summed E-state index contributed by atoms with van der Waals surface area (Å²) in [4.78, 5) is 11.7. The van der Waals surface area contributed by atoms with E-state index in [1.54, 1.807) is 0 Å². The monoisotopic (exact) mass is 266 g/mol. The molecular formula is C13H9F3N2O. The minimum absolute atomic E-state index is 0.200. The molecule has 0 saturated carbocycles. The van der Waals surface area contributed by atoms with Crippen LogP contribution in [0.5, 0.6) is 0 Å². The Hall–Kier alpha value is -2.50. The van der Waals surface area contributed by atoms with Gasteiger partial charge in [-0.1, -0.05) is 6.07 Å². The van der Waals surface area contributed by atoms with Crippen LogP contribution in [0.4, 0.5) is 24.5 Å². The molecule has 2 aromatic carbocycles. The van der Waals surface area contributed by atoms with E-state index in [-0.39, 0.29) is 11.4 Å². The molecule has 0 aliphatic heterocycles. The highest BCUT2D eigenvalue weighted by atomic mass is 19.2. The molecule has 0 spiro atoms. The second kappa shape index (κ2) is 5.01. The van der Waals surface area contributed by atoms with Crippen LogP contribution in [-0.2, 0) is 0 Å². The Balaban J connectivity index is 2.31. The molecule has 6 heteroatoms. The van der Waals surface area contributed by atoms with Gasteiger partial charge in [0.05, 0.1) is 11.3 Å². The lowest BCUT2D eigenvalue weighted by Crippen LogP contribution is -2.15. The third kappa shape index (κ3) is 2.67. The summed E-state index contributed by atoms with van der Waals surface area (Å²) in [5.74, 6) is -4.12. The number of hydrogen-bond acceptors (Lipinski definition) is 2. The fourth-order valence-corrected chi connectivity index (χ4v) is 1.51. The summed E-state index contributed by atoms with van der Waals surface area (Å²) in [7, 11) is 0. The van der Waals surface area contributed by atoms with E-state index < -0.39 is 28.9 Å². The zero-order chi connectivity index (χ0) is 14.0. The Morgan fingerprint density at radius 3 is 2.53 bits per heavy atom. The van der Waals surface area contributed by atoms with Crippen LogP contribution in [0.1, 0.15) is 10.4 Å². The molecule has 2 aromatic rings. The van der Waals surface area contributed by atoms with Gasteiger partial charge in [-0.05, 0) is 30.3 Å². The Labute approximate surface area is 106 Å². The minimum Gasteiger partial charge on any atom is -0.399 e. The van der Waals surface area contributed by atoms with Crippen molar-refractivity contribution in [1.82, 2.24) is 0 Å². The number of amides is 1. The lowest BCUT2D eigenvalue weighted by molar-refractivity contribution is 0.102. The minimum atomic E-state index is -1.29. The van der Waals surface area contributed by atoms with Crippen LogP contribution < -0.4 is 11.1 Å². The molecule has 3 N–H and O–H groups in total. The lowest BCUT2D eigenvalue weighted by atomic mass is 10.2. The zero-order valence-electron chi connectivity index (χ0n) is 9.58. The zero-order valence-corrected chi connectivity index (χ0v) is 9.58. The highest BCUT2D eigenvalue weighted by Gasteiger charge is 2.16. The fraction of sp³-hybridized carbons (Fsp3) is 0. The smallest absolute Gasteiger partial charge is 0.258 e. The predicted molar refractivity (Wildman–Crippen MR) is 65.1 cm³/mol. The van der Waals surface area contributed by atoms with Gasteiger partial charge < -0.3 is 11.1 Å². The number of nitrogens with two attached hydrogens (primary N) is 1. The summed E-state index contributed by atoms with van der Waals surface area (Å²) >= 11 is 0. The van der Waals surface area contributed by atoms with E-state index in [0.717, 1.165) is 18.2 Å². The van der Waals surface area contributed by atoms with Gasteiger partial charge in [0.25, 0.3) is 5.91 Å². The molecule has 0 aliphatic carbocycles. The van der Waals surface area contributed by atoms with Crippen molar-refractivity contribution in [2.75, 3.05) is 11.1 Å². The Kier molecular flexibility index (Phi) is 3.41. The van der Waals surface area contributed by atoms with Crippen molar-refractivity contribution in [2.45, 2.75) is 0 Å². The third-order valence-electron chi connectivity index (χ3n) is 2.43. The average Bonchev–Trinajstić information content (AvgIpc) is 2.37. The summed E-state index contributed by atoms with van der Waals surface area (Å²) in [6, 6.07) is 6.72. The summed E-state index contributed by atoms with van der Waals surface area (Å²) in [6.07, 6.45) is 0. The highest BCUT2D eigenvalue weighted by Crippen LogP contribution is 2.19. The van der Waals surface area contributed by atoms with E-state index in [1.807, 2.05) is 0 Å². The first-order valence-electron chi connectivity index (χ1n) is 5.29. The quantitative estimate of drug-likeness (QED) is 0.821. The number of nitrogens with one attached hydrogen (secondary N) is 1. The van der Waals surface area contributed by atoms with E-state index in [2.05, 4.69) is 5.32 Å². The number of nitrogen functional groups attached to an aromatic ring is 1. The van der Waals surface area contributed by atoms with Crippen molar-refractivity contribution in [3.63, 3.8) is 0 Å². The molecule has 0 aliphatic rings. The van der Waals surface area contributed by atoms with E-state index in [0.29, 0.717) is 0 Å². The van der Waals surface area contributed by atoms with Crippen molar-refractivity contribution < 1.29 is 18.0 Å². The van der Waals surface area contributed by atoms with Crippen molar-refractivity contribution in [3.05, 3.63) is 59.4 Å². The maximum Gasteiger partial charge on any atom is 0.258 e. The van der Waals surface area contributed by atoms with Gasteiger partial charge >= 0.3 is 0 Å². The highest BCUT2D eigenvalue weighted by molar-refractivity contribution is 6.04. The summed E-state index contributed by atoms with van der Waals surface area (Å²) in [6.45, 7) is 0. The number of halogens is 3. The van der Waals surface area contributed by atoms with E-state index >= 15 is 0 Å². The molecule has 98 valence electrons. The third-order valence-corrected chi connectivity index (χ3v) is 2.43. The van der Waals surface area contributed by atoms with Crippen LogP contribution in [0.25, 0.3) is 0 Å². The standard InChI is InChI=1S/C13H9F3N2O/c14-9-5-4-7(17)6-11(9)18-13(19)8-2-1-3-10(15)12(8)16/h1-6H,17H2,(H,18,19). The molecule has 0 fully saturated rings. The number of anilines is 2. The normalized spacial score (nSPS) is 10.3. The topological polar surface area (TPSA) is 55.1 Å². The van der Waals surface area contributed by atoms with Gasteiger partial charge in [0.15, 0.2) is 11.6 Å². The second-order valence-corrected chi connectivity index (χ2v) is 3.79. The number of rotatable bonds is 2. The van der Waals surface area contributed by atoms with Gasteiger partial charge in [0.2, 0.25) is 0 Å². The summed E-state index contributed by atoms with van der Waals surface area (Å²) in [5, 5.41) is 2.13. The van der Waals surface area contributed by atoms with Gasteiger partial charge in [-0.15, -0.1) is 0 Å². The predicted octanol–water partition coefficient (Wildman–Crippen LogP) is 2.94. The maximum atomic E-state index is 13.4. The van der Waals surface area contributed by atoms with Crippen molar-refractivity contribution in [2.24, 2.45) is 0 Å². The molecule has 2 rings (SSSR count). The average molecular weight is 266 g/mol. The molecule has 0 radical (unpaired) electrons. The molecule has 0 unspecified atom stereocenters. The van der Waals surface area contributed by atoms with Crippen molar-refractivity contribution in [1.29, 1.82) is 0 Å². The molecule has 0 saturated heterocycles. The largest absolute Gasteiger partial charge is 0.399 e. The molecule has 0 aromatic heterocycles. The molecule has 0 heterocycles. The number of carbonyl (C=O) groups is 1. The Morgan fingerprint density at radius 1 is 1.05 bits per heavy atom. The van der Waals surface area contributed by atoms with Crippen LogP contribution >= 0.6 is 0 Å². The van der Waals surface area contributed by atoms with E-state index in [4.69, 9.17) is 5.73 Å². The maximum absolute atomic E-state index is 13.4. The molecular weight excluding hydrogens is 257 g/mol. The first kappa shape index (κ1) is 12.9. The van der Waals surface area contributed by atoms with Crippen LogP contribution in [0.3, 0.4) is 0 Å². The number of hydrogen-bond donors (Lipinski definition) is 2. The second-order valence-electron chi connectivity index (χ2n) is 3.79. The molecule has 0 bridgehead atoms. The fourth-order valence-electron chi connectivity index (χ4n) is 1.51. The van der Waals surface area contributed by atoms with Crippen LogP contribution in [0, 0.1) is 17.5 Å². The van der Waals surface area contributed by atoms with E-state index in [9.17, 15) is 18.0 Å². The molecule has 1 amide bonds. The number of carbonyl (C=O) groups excluding carboxylic acids is 1. The number of benzene rings is 2. The van der Waals surface area contributed by atoms with Crippen LogP contribution in [0.15, 0.2) is 36.4 Å². The Morgan fingerprint density at radius 2 is 1.79 bits per heavy atom. The van der Waals surface area contributed by atoms with Crippen molar-refractivity contribution in [3.8, 4) is 0 Å². The van der Waals surface area contributed by atoms with Crippen molar-refractivity contribution >= 4 is 17.3 Å². The van der Waals surface area contributed by atoms with Gasteiger partial charge in [0.1, 0.15) is 5.82 Å². The van der Waals surface area contributed by atoms with E-state index in [1.165, 1.54) is 18.2 Å². The summed E-state index contributed by atoms with van der Waals surface area (Å²) < 4.78 is 39.7. The first-order chi connectivity index (χ1) is 8.99. The van der Waals surface area contributed by atoms with Gasteiger partial charge in [-0.2, -0.15) is 0 Å². The van der Waals surface area contributed by atoms with Crippen LogP contribution in [-0.4, -0.2) is 5.91 Å².